The van der Waals surface area contributed by atoms with Gasteiger partial charge in [0.2, 0.25) is 47.3 Å². The van der Waals surface area contributed by atoms with E-state index in [1.807, 2.05) is 22.6 Å². The average molecular weight is 1410 g/mol. The number of nitrogens with one attached hydrogen (secondary N) is 9. The fourth-order valence-electron chi connectivity index (χ4n) is 9.62. The second-order valence-corrected chi connectivity index (χ2v) is 26.5. The van der Waals surface area contributed by atoms with Crippen LogP contribution in [0.15, 0.2) is 79.0 Å². The van der Waals surface area contributed by atoms with Gasteiger partial charge in [-0.3, -0.25) is 38.4 Å². The van der Waals surface area contributed by atoms with E-state index in [-0.39, 0.29) is 68.1 Å². The van der Waals surface area contributed by atoms with Gasteiger partial charge in [0.05, 0.1) is 35.0 Å². The van der Waals surface area contributed by atoms with Crippen LogP contribution in [-0.2, 0) is 62.4 Å². The number of aliphatic hydroxyl groups is 7. The number of phenols is 1. The molecule has 27 nitrogen and oxygen atoms in total. The molecule has 2 aliphatic rings. The zero-order valence-corrected chi connectivity index (χ0v) is 53.4. The highest BCUT2D eigenvalue weighted by Gasteiger charge is 2.44. The Morgan fingerprint density at radius 2 is 1.43 bits per heavy atom. The predicted molar refractivity (Wildman–Crippen MR) is 341 cm³/mol. The van der Waals surface area contributed by atoms with Crippen molar-refractivity contribution in [2.45, 2.75) is 149 Å². The van der Waals surface area contributed by atoms with Crippen molar-refractivity contribution >= 4 is 114 Å². The van der Waals surface area contributed by atoms with Crippen molar-refractivity contribution in [1.82, 2.24) is 47.5 Å². The van der Waals surface area contributed by atoms with E-state index in [9.17, 15) is 69.6 Å². The first kappa shape index (κ1) is 72.2. The number of fused-ring (bicyclic) bond motifs is 1. The van der Waals surface area contributed by atoms with Crippen molar-refractivity contribution in [3.8, 4) is 5.75 Å². The zero-order chi connectivity index (χ0) is 64.9. The molecular weight excluding hydrogens is 1330 g/mol. The third kappa shape index (κ3) is 21.4. The molecule has 0 aliphatic carbocycles. The van der Waals surface area contributed by atoms with Crippen LogP contribution in [0.25, 0.3) is 10.9 Å². The number of phenolic OH excluding ortho intramolecular Hbond substituents is 1. The lowest BCUT2D eigenvalue weighted by molar-refractivity contribution is -0.205. The highest BCUT2D eigenvalue weighted by Crippen LogP contribution is 2.30. The first-order valence-corrected chi connectivity index (χ1v) is 33.5. The maximum absolute atomic E-state index is 15.1. The van der Waals surface area contributed by atoms with Gasteiger partial charge in [-0.15, -0.1) is 11.8 Å². The molecule has 488 valence electrons. The number of aliphatic hydroxyl groups excluding tert-OH is 7. The Balaban J connectivity index is 1.39. The minimum absolute atomic E-state index is 0.0379. The Labute approximate surface area is 539 Å². The molecule has 15 atom stereocenters. The van der Waals surface area contributed by atoms with Crippen LogP contribution in [0.2, 0.25) is 0 Å². The number of halogens is 1. The lowest BCUT2D eigenvalue weighted by atomic mass is 10.0. The van der Waals surface area contributed by atoms with Crippen molar-refractivity contribution in [1.29, 1.82) is 0 Å². The number of H-pyrrole nitrogens is 1. The number of hydrogen-bond donors (Lipinski definition) is 18. The smallest absolute Gasteiger partial charge is 0.245 e. The molecule has 0 bridgehead atoms. The summed E-state index contributed by atoms with van der Waals surface area (Å²) < 4.78 is 5.96. The quantitative estimate of drug-likeness (QED) is 0.0209. The zero-order valence-electron chi connectivity index (χ0n) is 48.8. The topological polar surface area (TPSA) is 446 Å². The van der Waals surface area contributed by atoms with E-state index >= 15 is 9.59 Å². The molecular formula is C58H79IN10O17S3. The van der Waals surface area contributed by atoms with Gasteiger partial charge in [0.25, 0.3) is 0 Å². The Bertz CT molecular complexity index is 3030. The third-order valence-electron chi connectivity index (χ3n) is 14.8. The summed E-state index contributed by atoms with van der Waals surface area (Å²) in [6.07, 6.45) is -7.43. The number of carbonyl (C=O) groups is 8. The third-order valence-corrected chi connectivity index (χ3v) is 19.2. The van der Waals surface area contributed by atoms with Crippen molar-refractivity contribution < 1.29 is 83.9 Å². The molecule has 0 spiro atoms. The number of aromatic amines is 1. The summed E-state index contributed by atoms with van der Waals surface area (Å²) in [6.45, 7) is 1.36. The number of ether oxygens (including phenoxy) is 1. The van der Waals surface area contributed by atoms with Gasteiger partial charge in [-0.25, -0.2) is 0 Å². The number of amides is 8. The molecule has 3 aromatic carbocycles. The van der Waals surface area contributed by atoms with Crippen LogP contribution in [0, 0.1) is 3.57 Å². The summed E-state index contributed by atoms with van der Waals surface area (Å²) in [5.74, 6) is -7.93. The fourth-order valence-corrected chi connectivity index (χ4v) is 13.6. The van der Waals surface area contributed by atoms with Crippen LogP contribution in [0.1, 0.15) is 56.2 Å². The first-order valence-electron chi connectivity index (χ1n) is 28.8. The van der Waals surface area contributed by atoms with Gasteiger partial charge in [-0.1, -0.05) is 76.2 Å². The fraction of sp³-hybridized carbons (Fsp3) is 0.517. The summed E-state index contributed by atoms with van der Waals surface area (Å²) in [4.78, 5) is 119. The number of nitrogens with two attached hydrogens (primary N) is 1. The van der Waals surface area contributed by atoms with Crippen molar-refractivity contribution in [3.05, 3.63) is 99.3 Å². The van der Waals surface area contributed by atoms with Crippen molar-refractivity contribution in [3.63, 3.8) is 0 Å². The molecule has 2 aliphatic heterocycles. The van der Waals surface area contributed by atoms with E-state index in [0.29, 0.717) is 37.6 Å². The van der Waals surface area contributed by atoms with E-state index < -0.39 is 151 Å². The second-order valence-electron chi connectivity index (χ2n) is 21.6. The number of benzene rings is 3. The molecule has 4 aromatic rings. The van der Waals surface area contributed by atoms with Crippen LogP contribution in [0.3, 0.4) is 0 Å². The minimum atomic E-state index is -1.75. The van der Waals surface area contributed by atoms with Gasteiger partial charge in [-0.2, -0.15) is 0 Å². The van der Waals surface area contributed by atoms with Gasteiger partial charge < -0.3 is 98.8 Å². The van der Waals surface area contributed by atoms with Crippen LogP contribution in [0.4, 0.5) is 0 Å². The van der Waals surface area contributed by atoms with E-state index in [1.165, 1.54) is 26.0 Å². The molecule has 6 unspecified atom stereocenters. The van der Waals surface area contributed by atoms with Gasteiger partial charge in [0.1, 0.15) is 77.9 Å². The molecule has 6 rings (SSSR count). The summed E-state index contributed by atoms with van der Waals surface area (Å²) in [6, 6.07) is 8.33. The standard InChI is InChI=1S/C58H79IN10O17S3/c1-29(72)41(25-70)66-56(84)43-28-89-88-27-42(67-52(80)38(21-31-10-4-3-5-11-31)62-46(75)17-19-87-58-50(78)49(77)48(76)45(26-71)86-58)55(83)64-39(22-32-15-16-44(74)35(59)20-32)53(81)65-40(23-33-24-61-36-13-7-6-12-34(33)36)54(82)63-37(14-8-9-18-60)51(79)69-47(30(2)73)57(85)68-43/h3-7,10-13,15-16,20,24,29-30,37-43,45,47-50,58,61,70-74,76-78H,8-9,14,17-19,21-23,25-28,60H2,1-2H3,(H,62,75)(H,63,82)(H,64,83)(H,65,81)(H,66,84)(H,67,80)(H,68,85)(H,69,79)/t29?,30?,37-,38?,39-,40+,41+,42?,43-,45?,47-,48-,49-,50?,58-/m0/s1/i59-4. The van der Waals surface area contributed by atoms with Crippen LogP contribution < -0.4 is 48.3 Å². The molecule has 2 fully saturated rings. The largest absolute Gasteiger partial charge is 0.507 e. The van der Waals surface area contributed by atoms with Crippen LogP contribution >= 0.6 is 55.9 Å². The lowest BCUT2D eigenvalue weighted by Crippen LogP contribution is -2.62. The molecule has 19 N–H and O–H groups in total. The van der Waals surface area contributed by atoms with E-state index in [0.717, 1.165) is 33.3 Å². The Hall–Kier alpha value is -5.82. The van der Waals surface area contributed by atoms with E-state index in [1.54, 1.807) is 66.9 Å². The average Bonchev–Trinajstić information content (AvgIpc) is 2.18. The summed E-state index contributed by atoms with van der Waals surface area (Å²) in [5.41, 5.74) is 6.97. The summed E-state index contributed by atoms with van der Waals surface area (Å²) >= 11 is 2.81. The maximum Gasteiger partial charge on any atom is 0.245 e. The lowest BCUT2D eigenvalue weighted by Gasteiger charge is -2.39. The number of aromatic nitrogens is 1. The molecule has 89 heavy (non-hydrogen) atoms. The molecule has 2 saturated heterocycles. The van der Waals surface area contributed by atoms with Crippen LogP contribution in [0.5, 0.6) is 5.75 Å². The van der Waals surface area contributed by atoms with Gasteiger partial charge in [0, 0.05) is 60.0 Å². The molecule has 8 amide bonds. The Morgan fingerprint density at radius 1 is 0.764 bits per heavy atom. The van der Waals surface area contributed by atoms with Crippen molar-refractivity contribution in [2.24, 2.45) is 5.73 Å². The number of para-hydroxylation sites is 1. The predicted octanol–water partition coefficient (Wildman–Crippen LogP) is -2.41. The number of hydrogen-bond acceptors (Lipinski definition) is 21. The molecule has 1 aromatic heterocycles. The number of thioether (sulfide) groups is 1. The summed E-state index contributed by atoms with van der Waals surface area (Å²) in [7, 11) is 1.84. The Kier molecular flexibility index (Phi) is 29.0. The Morgan fingerprint density at radius 3 is 2.10 bits per heavy atom. The number of carbonyl (C=O) groups excluding carboxylic acids is 8. The normalized spacial score (nSPS) is 25.8. The maximum atomic E-state index is 15.1. The second kappa shape index (κ2) is 35.7. The van der Waals surface area contributed by atoms with Crippen LogP contribution in [-0.4, -0.2) is 221 Å². The van der Waals surface area contributed by atoms with E-state index in [4.69, 9.17) is 10.5 Å². The highest BCUT2D eigenvalue weighted by molar-refractivity contribution is 14.1. The molecule has 0 radical (unpaired) electrons. The SMILES string of the molecule is CC(O)[C@@H]1NC(=O)[C@H](CCCCN)NC(=O)[C@@H](Cc2c[nH]c3ccccc23)NC(=O)[C@H](Cc2ccc(O)c([123I])c2)NC(=O)C(NC(=O)C(Cc2ccccc2)NC(=O)CCS[C@@H]2OC(CO)[C@H](O)[C@H](O)C2O)CSSC[C@@H](C(=O)N[C@H](CO)C(C)O)NC1=O. The number of unbranched alkanes of at least 4 members (excludes halogenated alkanes) is 1. The molecule has 3 heterocycles. The molecule has 31 heteroatoms. The molecule has 0 saturated carbocycles. The van der Waals surface area contributed by atoms with Gasteiger partial charge in [-0.05, 0) is 97.1 Å². The first-order chi connectivity index (χ1) is 42.5. The van der Waals surface area contributed by atoms with Gasteiger partial charge in [0.15, 0.2) is 0 Å². The van der Waals surface area contributed by atoms with E-state index in [2.05, 4.69) is 47.5 Å². The minimum Gasteiger partial charge on any atom is -0.507 e. The monoisotopic (exact) mass is 1410 g/mol. The van der Waals surface area contributed by atoms with Crippen molar-refractivity contribution in [2.75, 3.05) is 37.0 Å². The number of rotatable bonds is 23. The summed E-state index contributed by atoms with van der Waals surface area (Å²) in [5, 5.41) is 105. The van der Waals surface area contributed by atoms with Gasteiger partial charge >= 0.3 is 0 Å². The number of aromatic hydroxyl groups is 1. The highest BCUT2D eigenvalue weighted by atomic mass is 123.